The van der Waals surface area contributed by atoms with E-state index in [0.717, 1.165) is 50.8 Å². The molecule has 9 heteroatoms. The van der Waals surface area contributed by atoms with Gasteiger partial charge in [-0.25, -0.2) is 0 Å². The summed E-state index contributed by atoms with van der Waals surface area (Å²) >= 11 is 0. The van der Waals surface area contributed by atoms with E-state index in [4.69, 9.17) is 15.6 Å². The third kappa shape index (κ3) is 6.25. The van der Waals surface area contributed by atoms with Crippen LogP contribution in [-0.2, 0) is 4.79 Å². The van der Waals surface area contributed by atoms with E-state index < -0.39 is 5.97 Å². The number of rotatable bonds is 9. The Kier molecular flexibility index (Phi) is 8.28. The Morgan fingerprint density at radius 2 is 1.92 bits per heavy atom. The van der Waals surface area contributed by atoms with E-state index in [2.05, 4.69) is 41.3 Å². The van der Waals surface area contributed by atoms with Gasteiger partial charge >= 0.3 is 5.97 Å². The number of nitrogens with two attached hydrogens (primary N) is 1. The first-order valence-electron chi connectivity index (χ1n) is 13.0. The number of aliphatic carboxylic acids is 1. The summed E-state index contributed by atoms with van der Waals surface area (Å²) in [5, 5.41) is 12.2. The van der Waals surface area contributed by atoms with Crippen molar-refractivity contribution in [2.45, 2.75) is 64.7 Å². The summed E-state index contributed by atoms with van der Waals surface area (Å²) in [7, 11) is 0. The van der Waals surface area contributed by atoms with E-state index in [1.54, 1.807) is 4.90 Å². The standard InChI is InChI=1S/C27H37N5O4/c1-17(2)4-3-13-29-27-30-24(28)23-25(31-27)36-15-14-32(26(23)35)21-11-9-20(10-12-21)19-7-5-18(6-8-19)16-22(33)34/h9-12,17-19H,3-8,13-16H2,1-2H3,(H,33,34)(H3,28,29,30,31)/t18-,19-. The third-order valence-electron chi connectivity index (χ3n) is 7.14. The molecule has 0 radical (unpaired) electrons. The van der Waals surface area contributed by atoms with Crippen LogP contribution in [0.25, 0.3) is 0 Å². The Morgan fingerprint density at radius 3 is 2.58 bits per heavy atom. The maximum atomic E-state index is 13.4. The lowest BCUT2D eigenvalue weighted by atomic mass is 9.77. The van der Waals surface area contributed by atoms with Gasteiger partial charge in [0.2, 0.25) is 11.8 Å². The van der Waals surface area contributed by atoms with Gasteiger partial charge in [0, 0.05) is 18.7 Å². The van der Waals surface area contributed by atoms with Crippen LogP contribution < -0.4 is 20.7 Å². The highest BCUT2D eigenvalue weighted by molar-refractivity contribution is 6.10. The molecule has 0 bridgehead atoms. The normalized spacial score (nSPS) is 20.0. The van der Waals surface area contributed by atoms with Gasteiger partial charge in [-0.3, -0.25) is 9.59 Å². The van der Waals surface area contributed by atoms with Crippen molar-refractivity contribution in [2.24, 2.45) is 11.8 Å². The van der Waals surface area contributed by atoms with E-state index in [9.17, 15) is 9.59 Å². The van der Waals surface area contributed by atoms with E-state index in [-0.39, 0.29) is 35.5 Å². The number of nitrogens with one attached hydrogen (secondary N) is 1. The largest absolute Gasteiger partial charge is 0.481 e. The number of benzene rings is 1. The molecule has 2 heterocycles. The summed E-state index contributed by atoms with van der Waals surface area (Å²) in [5.41, 5.74) is 8.40. The van der Waals surface area contributed by atoms with Crippen molar-refractivity contribution in [3.63, 3.8) is 0 Å². The molecule has 9 nitrogen and oxygen atoms in total. The van der Waals surface area contributed by atoms with Gasteiger partial charge < -0.3 is 25.8 Å². The van der Waals surface area contributed by atoms with Gasteiger partial charge in [0.25, 0.3) is 5.91 Å². The molecule has 1 aromatic heterocycles. The summed E-state index contributed by atoms with van der Waals surface area (Å²) in [5.74, 6) is 1.04. The maximum absolute atomic E-state index is 13.4. The van der Waals surface area contributed by atoms with Crippen molar-refractivity contribution >= 4 is 29.3 Å². The molecule has 1 aromatic carbocycles. The summed E-state index contributed by atoms with van der Waals surface area (Å²) in [6.07, 6.45) is 6.20. The predicted molar refractivity (Wildman–Crippen MR) is 140 cm³/mol. The van der Waals surface area contributed by atoms with Gasteiger partial charge in [-0.15, -0.1) is 0 Å². The molecule has 0 saturated heterocycles. The van der Waals surface area contributed by atoms with E-state index >= 15 is 0 Å². The van der Waals surface area contributed by atoms with Crippen LogP contribution in [0.3, 0.4) is 0 Å². The van der Waals surface area contributed by atoms with Crippen molar-refractivity contribution in [1.82, 2.24) is 9.97 Å². The average molecular weight is 496 g/mol. The van der Waals surface area contributed by atoms with Crippen LogP contribution in [0.4, 0.5) is 17.5 Å². The zero-order valence-electron chi connectivity index (χ0n) is 21.2. The van der Waals surface area contributed by atoms with Crippen molar-refractivity contribution in [2.75, 3.05) is 35.6 Å². The first kappa shape index (κ1) is 25.7. The number of carbonyl (C=O) groups excluding carboxylic acids is 1. The minimum atomic E-state index is -0.712. The number of aromatic nitrogens is 2. The minimum Gasteiger partial charge on any atom is -0.481 e. The molecule has 194 valence electrons. The van der Waals surface area contributed by atoms with Gasteiger partial charge in [0.05, 0.1) is 6.54 Å². The predicted octanol–water partition coefficient (Wildman–Crippen LogP) is 4.69. The highest BCUT2D eigenvalue weighted by atomic mass is 16.5. The molecule has 1 aliphatic heterocycles. The van der Waals surface area contributed by atoms with Crippen molar-refractivity contribution in [1.29, 1.82) is 0 Å². The van der Waals surface area contributed by atoms with Crippen LogP contribution in [0.2, 0.25) is 0 Å². The molecular formula is C27H37N5O4. The van der Waals surface area contributed by atoms with Gasteiger partial charge in [-0.2, -0.15) is 9.97 Å². The van der Waals surface area contributed by atoms with Gasteiger partial charge in [-0.1, -0.05) is 26.0 Å². The molecule has 2 aromatic rings. The average Bonchev–Trinajstić information content (AvgIpc) is 3.01. The van der Waals surface area contributed by atoms with E-state index in [1.165, 1.54) is 5.56 Å². The Morgan fingerprint density at radius 1 is 1.19 bits per heavy atom. The fourth-order valence-corrected chi connectivity index (χ4v) is 5.14. The topological polar surface area (TPSA) is 131 Å². The second kappa shape index (κ2) is 11.6. The van der Waals surface area contributed by atoms with Gasteiger partial charge in [0.15, 0.2) is 0 Å². The van der Waals surface area contributed by atoms with Crippen LogP contribution in [0.15, 0.2) is 24.3 Å². The molecule has 0 atom stereocenters. The fourth-order valence-electron chi connectivity index (χ4n) is 5.14. The highest BCUT2D eigenvalue weighted by Gasteiger charge is 2.30. The number of carboxylic acid groups (broad SMARTS) is 1. The lowest BCUT2D eigenvalue weighted by Crippen LogP contribution is -2.32. The van der Waals surface area contributed by atoms with Crippen molar-refractivity contribution in [3.8, 4) is 5.88 Å². The number of nitrogens with zero attached hydrogens (tertiary/aromatic N) is 3. The number of carbonyl (C=O) groups is 2. The molecule has 4 N–H and O–H groups in total. The number of ether oxygens (including phenoxy) is 1. The smallest absolute Gasteiger partial charge is 0.303 e. The van der Waals surface area contributed by atoms with Crippen LogP contribution in [0.5, 0.6) is 5.88 Å². The quantitative estimate of drug-likeness (QED) is 0.427. The first-order valence-corrected chi connectivity index (χ1v) is 13.0. The number of amides is 1. The molecular weight excluding hydrogens is 458 g/mol. The van der Waals surface area contributed by atoms with Crippen molar-refractivity contribution < 1.29 is 19.4 Å². The van der Waals surface area contributed by atoms with Gasteiger partial charge in [0.1, 0.15) is 18.0 Å². The molecule has 1 saturated carbocycles. The van der Waals surface area contributed by atoms with Crippen molar-refractivity contribution in [3.05, 3.63) is 35.4 Å². The number of hydrogen-bond acceptors (Lipinski definition) is 7. The minimum absolute atomic E-state index is 0.109. The van der Waals surface area contributed by atoms with E-state index in [1.807, 2.05) is 12.1 Å². The lowest BCUT2D eigenvalue weighted by Gasteiger charge is -2.28. The van der Waals surface area contributed by atoms with E-state index in [0.29, 0.717) is 30.9 Å². The molecule has 0 unspecified atom stereocenters. The number of carboxylic acids is 1. The second-order valence-electron chi connectivity index (χ2n) is 10.3. The van der Waals surface area contributed by atoms with Crippen LogP contribution in [0, 0.1) is 11.8 Å². The molecule has 1 aliphatic carbocycles. The Bertz CT molecular complexity index is 1060. The molecule has 1 amide bonds. The highest BCUT2D eigenvalue weighted by Crippen LogP contribution is 2.38. The number of fused-ring (bicyclic) bond motifs is 1. The number of anilines is 3. The maximum Gasteiger partial charge on any atom is 0.303 e. The molecule has 1 fully saturated rings. The van der Waals surface area contributed by atoms with Crippen LogP contribution >= 0.6 is 0 Å². The molecule has 36 heavy (non-hydrogen) atoms. The third-order valence-corrected chi connectivity index (χ3v) is 7.14. The zero-order valence-corrected chi connectivity index (χ0v) is 21.2. The lowest BCUT2D eigenvalue weighted by molar-refractivity contribution is -0.138. The monoisotopic (exact) mass is 495 g/mol. The molecule has 2 aliphatic rings. The molecule has 0 spiro atoms. The Labute approximate surface area is 212 Å². The number of nitrogen functional groups attached to an aromatic ring is 1. The van der Waals surface area contributed by atoms with Gasteiger partial charge in [-0.05, 0) is 74.0 Å². The summed E-state index contributed by atoms with van der Waals surface area (Å²) in [4.78, 5) is 34.8. The summed E-state index contributed by atoms with van der Waals surface area (Å²) < 4.78 is 5.82. The van der Waals surface area contributed by atoms with Crippen LogP contribution in [0.1, 0.15) is 80.6 Å². The summed E-state index contributed by atoms with van der Waals surface area (Å²) in [6.45, 7) is 5.78. The second-order valence-corrected chi connectivity index (χ2v) is 10.3. The Hall–Kier alpha value is -3.36. The molecule has 4 rings (SSSR count). The SMILES string of the molecule is CC(C)CCCNc1nc(N)c2c(n1)OCCN(c1ccc([C@H]3CC[C@H](CC(=O)O)CC3)cc1)C2=O. The Balaban J connectivity index is 1.42. The first-order chi connectivity index (χ1) is 17.3. The summed E-state index contributed by atoms with van der Waals surface area (Å²) in [6, 6.07) is 8.06. The zero-order chi connectivity index (χ0) is 25.7. The van der Waals surface area contributed by atoms with Crippen LogP contribution in [-0.4, -0.2) is 46.6 Å². The fraction of sp³-hybridized carbons (Fsp3) is 0.556. The number of hydrogen-bond donors (Lipinski definition) is 3.